The Morgan fingerprint density at radius 3 is 2.07 bits per heavy atom. The molecule has 150 valence electrons. The number of nitro groups is 1. The molecule has 1 aliphatic rings. The van der Waals surface area contributed by atoms with Crippen molar-refractivity contribution in [3.05, 3.63) is 33.6 Å². The van der Waals surface area contributed by atoms with E-state index in [1.54, 1.807) is 0 Å². The van der Waals surface area contributed by atoms with Crippen LogP contribution in [-0.2, 0) is 11.2 Å². The van der Waals surface area contributed by atoms with Gasteiger partial charge in [0, 0.05) is 12.5 Å². The van der Waals surface area contributed by atoms with Gasteiger partial charge in [-0.1, -0.05) is 44.9 Å². The Morgan fingerprint density at radius 1 is 1.07 bits per heavy atom. The van der Waals surface area contributed by atoms with E-state index >= 15 is 0 Å². The van der Waals surface area contributed by atoms with Gasteiger partial charge in [-0.05, 0) is 38.7 Å². The lowest BCUT2D eigenvalue weighted by atomic mass is 9.99. The second-order valence-electron chi connectivity index (χ2n) is 7.51. The highest BCUT2D eigenvalue weighted by atomic mass is 19.1. The van der Waals surface area contributed by atoms with Crippen LogP contribution in [0.3, 0.4) is 0 Å². The van der Waals surface area contributed by atoms with Crippen molar-refractivity contribution in [3.8, 4) is 5.75 Å². The molecule has 1 aromatic rings. The van der Waals surface area contributed by atoms with Gasteiger partial charge < -0.3 is 4.74 Å². The number of carbonyl (C=O) groups excluding carboxylic acids is 1. The minimum atomic E-state index is -0.773. The average molecular weight is 379 g/mol. The zero-order valence-corrected chi connectivity index (χ0v) is 16.2. The third-order valence-electron chi connectivity index (χ3n) is 5.15. The fourth-order valence-corrected chi connectivity index (χ4v) is 3.69. The van der Waals surface area contributed by atoms with Crippen molar-refractivity contribution in [2.75, 3.05) is 0 Å². The molecule has 0 aromatic heterocycles. The SMILES string of the molecule is CC(=O)Cc1c([N+](=O)[O-])ccc(OC2CCCCCCCCCCC2)c1F. The van der Waals surface area contributed by atoms with E-state index in [1.807, 2.05) is 0 Å². The van der Waals surface area contributed by atoms with Crippen LogP contribution in [0.25, 0.3) is 0 Å². The summed E-state index contributed by atoms with van der Waals surface area (Å²) >= 11 is 0. The van der Waals surface area contributed by atoms with Crippen LogP contribution in [0.4, 0.5) is 10.1 Å². The molecule has 0 amide bonds. The quantitative estimate of drug-likeness (QED) is 0.470. The standard InChI is InChI=1S/C21H30FNO4/c1-16(24)15-18-19(23(25)26)13-14-20(21(18)22)27-17-11-9-7-5-3-2-4-6-8-10-12-17/h13-14,17H,2-12,15H2,1H3. The van der Waals surface area contributed by atoms with Crippen LogP contribution >= 0.6 is 0 Å². The summed E-state index contributed by atoms with van der Waals surface area (Å²) in [5, 5.41) is 11.2. The molecule has 1 fully saturated rings. The lowest BCUT2D eigenvalue weighted by Gasteiger charge is -2.21. The van der Waals surface area contributed by atoms with E-state index in [1.165, 1.54) is 51.2 Å². The largest absolute Gasteiger partial charge is 0.487 e. The number of nitrogens with zero attached hydrogens (tertiary/aromatic N) is 1. The summed E-state index contributed by atoms with van der Waals surface area (Å²) in [4.78, 5) is 21.9. The molecule has 6 heteroatoms. The minimum Gasteiger partial charge on any atom is -0.487 e. The zero-order chi connectivity index (χ0) is 19.6. The summed E-state index contributed by atoms with van der Waals surface area (Å²) in [5.74, 6) is -1.07. The van der Waals surface area contributed by atoms with Gasteiger partial charge >= 0.3 is 0 Å². The van der Waals surface area contributed by atoms with Crippen LogP contribution in [0.1, 0.15) is 83.1 Å². The molecule has 0 N–H and O–H groups in total. The van der Waals surface area contributed by atoms with Crippen LogP contribution in [0.5, 0.6) is 5.75 Å². The van der Waals surface area contributed by atoms with Gasteiger partial charge in [0.2, 0.25) is 0 Å². The molecule has 0 heterocycles. The number of ether oxygens (including phenoxy) is 1. The maximum atomic E-state index is 14.9. The van der Waals surface area contributed by atoms with Gasteiger partial charge in [0.15, 0.2) is 11.6 Å². The van der Waals surface area contributed by atoms with E-state index in [0.29, 0.717) is 0 Å². The Balaban J connectivity index is 2.14. The van der Waals surface area contributed by atoms with Gasteiger partial charge in [0.1, 0.15) is 5.78 Å². The van der Waals surface area contributed by atoms with Crippen molar-refractivity contribution in [3.63, 3.8) is 0 Å². The Morgan fingerprint density at radius 2 is 1.59 bits per heavy atom. The van der Waals surface area contributed by atoms with Crippen molar-refractivity contribution in [1.29, 1.82) is 0 Å². The number of Topliss-reactive ketones (excluding diaryl/α,β-unsaturated/α-hetero) is 1. The van der Waals surface area contributed by atoms with E-state index in [4.69, 9.17) is 4.74 Å². The predicted molar refractivity (Wildman–Crippen MR) is 103 cm³/mol. The minimum absolute atomic E-state index is 0.0222. The smallest absolute Gasteiger partial charge is 0.276 e. The number of carbonyl (C=O) groups is 1. The van der Waals surface area contributed by atoms with Crippen LogP contribution in [-0.4, -0.2) is 16.8 Å². The van der Waals surface area contributed by atoms with Crippen LogP contribution in [0, 0.1) is 15.9 Å². The van der Waals surface area contributed by atoms with Crippen molar-refractivity contribution in [1.82, 2.24) is 0 Å². The molecule has 5 nitrogen and oxygen atoms in total. The molecule has 27 heavy (non-hydrogen) atoms. The second kappa shape index (κ2) is 11.0. The van der Waals surface area contributed by atoms with Gasteiger partial charge in [-0.3, -0.25) is 14.9 Å². The Labute approximate surface area is 160 Å². The third-order valence-corrected chi connectivity index (χ3v) is 5.15. The first kappa shape index (κ1) is 21.3. The van der Waals surface area contributed by atoms with Crippen LogP contribution < -0.4 is 4.74 Å². The predicted octanol–water partition coefficient (Wildman–Crippen LogP) is 5.92. The summed E-state index contributed by atoms with van der Waals surface area (Å²) in [6.45, 7) is 1.30. The molecule has 2 rings (SSSR count). The normalized spacial score (nSPS) is 17.6. The highest BCUT2D eigenvalue weighted by Gasteiger charge is 2.24. The summed E-state index contributed by atoms with van der Waals surface area (Å²) in [6.07, 6.45) is 12.0. The zero-order valence-electron chi connectivity index (χ0n) is 16.2. The van der Waals surface area contributed by atoms with Gasteiger partial charge in [-0.15, -0.1) is 0 Å². The molecule has 0 spiro atoms. The van der Waals surface area contributed by atoms with Crippen molar-refractivity contribution >= 4 is 11.5 Å². The summed E-state index contributed by atoms with van der Waals surface area (Å²) < 4.78 is 20.8. The maximum absolute atomic E-state index is 14.9. The topological polar surface area (TPSA) is 69.4 Å². The molecule has 0 bridgehead atoms. The number of hydrogen-bond donors (Lipinski definition) is 0. The van der Waals surface area contributed by atoms with E-state index in [9.17, 15) is 19.3 Å². The van der Waals surface area contributed by atoms with Gasteiger partial charge in [0.05, 0.1) is 16.6 Å². The number of benzene rings is 1. The first-order valence-corrected chi connectivity index (χ1v) is 10.1. The molecule has 0 atom stereocenters. The lowest BCUT2D eigenvalue weighted by Crippen LogP contribution is -2.18. The van der Waals surface area contributed by atoms with Crippen molar-refractivity contribution < 1.29 is 18.8 Å². The number of halogens is 1. The Hall–Kier alpha value is -1.98. The number of rotatable bonds is 5. The molecule has 1 saturated carbocycles. The van der Waals surface area contributed by atoms with Crippen molar-refractivity contribution in [2.24, 2.45) is 0 Å². The number of ketones is 1. The third kappa shape index (κ3) is 6.92. The number of nitro benzene ring substituents is 1. The first-order valence-electron chi connectivity index (χ1n) is 10.1. The summed E-state index contributed by atoms with van der Waals surface area (Å²) in [6, 6.07) is 2.57. The van der Waals surface area contributed by atoms with E-state index in [-0.39, 0.29) is 35.3 Å². The summed E-state index contributed by atoms with van der Waals surface area (Å²) in [7, 11) is 0. The second-order valence-corrected chi connectivity index (χ2v) is 7.51. The van der Waals surface area contributed by atoms with E-state index in [2.05, 4.69) is 0 Å². The molecule has 0 saturated heterocycles. The fraction of sp³-hybridized carbons (Fsp3) is 0.667. The fourth-order valence-electron chi connectivity index (χ4n) is 3.69. The highest BCUT2D eigenvalue weighted by Crippen LogP contribution is 2.31. The summed E-state index contributed by atoms with van der Waals surface area (Å²) in [5.41, 5.74) is -0.549. The van der Waals surface area contributed by atoms with E-state index < -0.39 is 10.7 Å². The van der Waals surface area contributed by atoms with Gasteiger partial charge in [-0.2, -0.15) is 0 Å². The van der Waals surface area contributed by atoms with Gasteiger partial charge in [0.25, 0.3) is 5.69 Å². The lowest BCUT2D eigenvalue weighted by molar-refractivity contribution is -0.385. The van der Waals surface area contributed by atoms with Crippen molar-refractivity contribution in [2.45, 2.75) is 90.1 Å². The van der Waals surface area contributed by atoms with E-state index in [0.717, 1.165) is 38.5 Å². The van der Waals surface area contributed by atoms with Crippen LogP contribution in [0.15, 0.2) is 12.1 Å². The molecule has 0 radical (unpaired) electrons. The molecule has 1 aromatic carbocycles. The monoisotopic (exact) mass is 379 g/mol. The highest BCUT2D eigenvalue weighted by molar-refractivity contribution is 5.79. The molecular formula is C21H30FNO4. The Kier molecular flexibility index (Phi) is 8.69. The number of hydrogen-bond acceptors (Lipinski definition) is 4. The maximum Gasteiger partial charge on any atom is 0.276 e. The average Bonchev–Trinajstić information content (AvgIpc) is 2.60. The van der Waals surface area contributed by atoms with Crippen LogP contribution in [0.2, 0.25) is 0 Å². The molecule has 0 unspecified atom stereocenters. The molecule has 1 aliphatic carbocycles. The molecular weight excluding hydrogens is 349 g/mol. The first-order chi connectivity index (χ1) is 13.0. The van der Waals surface area contributed by atoms with Gasteiger partial charge in [-0.25, -0.2) is 4.39 Å². The Bertz CT molecular complexity index is 635. The molecule has 0 aliphatic heterocycles.